The minimum absolute atomic E-state index is 0.0571. The van der Waals surface area contributed by atoms with Crippen molar-refractivity contribution < 1.29 is 19.1 Å². The number of nitrogens with one attached hydrogen (secondary N) is 1. The highest BCUT2D eigenvalue weighted by Gasteiger charge is 2.28. The molecule has 41 heavy (non-hydrogen) atoms. The van der Waals surface area contributed by atoms with Crippen LogP contribution in [-0.4, -0.2) is 77.6 Å². The Hall–Kier alpha value is -3.86. The third kappa shape index (κ3) is 6.73. The number of aromatic nitrogens is 2. The largest absolute Gasteiger partial charge is 0.491 e. The molecule has 10 heteroatoms. The fourth-order valence-corrected chi connectivity index (χ4v) is 5.89. The van der Waals surface area contributed by atoms with E-state index in [1.54, 1.807) is 49.7 Å². The molecule has 2 amide bonds. The van der Waals surface area contributed by atoms with E-state index in [2.05, 4.69) is 34.0 Å². The van der Waals surface area contributed by atoms with Gasteiger partial charge in [0, 0.05) is 57.9 Å². The van der Waals surface area contributed by atoms with Crippen LogP contribution in [0.3, 0.4) is 0 Å². The van der Waals surface area contributed by atoms with Crippen LogP contribution in [0.5, 0.6) is 5.75 Å². The van der Waals surface area contributed by atoms with E-state index >= 15 is 0 Å². The second-order valence-electron chi connectivity index (χ2n) is 10.5. The summed E-state index contributed by atoms with van der Waals surface area (Å²) in [7, 11) is 3.45. The van der Waals surface area contributed by atoms with E-state index in [0.717, 1.165) is 23.3 Å². The van der Waals surface area contributed by atoms with Crippen LogP contribution < -0.4 is 10.1 Å². The molecule has 0 saturated carbocycles. The fraction of sp³-hybridized carbons (Fsp3) is 0.355. The standard InChI is InChI=1S/C31H35N5O4S/c1-20-16-36(17-22-11-13-32-14-12-22)21(2)19-40-26-10-9-23(15-24(26)31(38)35(3)18-27(20)39-4)33-29(37)30-34-25-7-5-6-8-28(25)41-30/h5-15,20-21,27H,16-19H2,1-4H3,(H,33,37)/t20-,21-,27-/m0/s1. The van der Waals surface area contributed by atoms with E-state index in [0.29, 0.717) is 35.2 Å². The Morgan fingerprint density at radius 3 is 2.66 bits per heavy atom. The highest BCUT2D eigenvalue weighted by Crippen LogP contribution is 2.28. The number of likely N-dealkylation sites (N-methyl/N-ethyl adjacent to an activating group) is 1. The summed E-state index contributed by atoms with van der Waals surface area (Å²) in [5, 5.41) is 3.27. The van der Waals surface area contributed by atoms with Gasteiger partial charge in [-0.25, -0.2) is 4.98 Å². The number of ether oxygens (including phenoxy) is 2. The summed E-state index contributed by atoms with van der Waals surface area (Å²) in [5.74, 6) is 0.0953. The van der Waals surface area contributed by atoms with Gasteiger partial charge in [-0.1, -0.05) is 19.1 Å². The average Bonchev–Trinajstić information content (AvgIpc) is 3.43. The maximum absolute atomic E-state index is 13.7. The van der Waals surface area contributed by atoms with Gasteiger partial charge in [0.15, 0.2) is 5.01 Å². The van der Waals surface area contributed by atoms with Gasteiger partial charge in [-0.05, 0) is 60.9 Å². The van der Waals surface area contributed by atoms with Crippen LogP contribution in [-0.2, 0) is 11.3 Å². The molecular weight excluding hydrogens is 538 g/mol. The predicted octanol–water partition coefficient (Wildman–Crippen LogP) is 4.95. The minimum Gasteiger partial charge on any atom is -0.491 e. The van der Waals surface area contributed by atoms with Gasteiger partial charge in [-0.15, -0.1) is 11.3 Å². The summed E-state index contributed by atoms with van der Waals surface area (Å²) >= 11 is 1.33. The van der Waals surface area contributed by atoms with Crippen molar-refractivity contribution in [1.82, 2.24) is 19.8 Å². The van der Waals surface area contributed by atoms with Crippen molar-refractivity contribution in [2.75, 3.05) is 39.2 Å². The van der Waals surface area contributed by atoms with Gasteiger partial charge < -0.3 is 19.7 Å². The Balaban J connectivity index is 1.41. The first-order valence-corrected chi connectivity index (χ1v) is 14.5. The van der Waals surface area contributed by atoms with E-state index in [4.69, 9.17) is 9.47 Å². The number of hydrogen-bond acceptors (Lipinski definition) is 8. The van der Waals surface area contributed by atoms with Crippen molar-refractivity contribution in [2.24, 2.45) is 5.92 Å². The molecule has 0 aliphatic carbocycles. The second kappa shape index (κ2) is 12.8. The molecule has 5 rings (SSSR count). The minimum atomic E-state index is -0.324. The summed E-state index contributed by atoms with van der Waals surface area (Å²) in [6, 6.07) is 16.9. The number of hydrogen-bond donors (Lipinski definition) is 1. The molecule has 4 aromatic rings. The smallest absolute Gasteiger partial charge is 0.284 e. The van der Waals surface area contributed by atoms with Crippen molar-refractivity contribution in [1.29, 1.82) is 0 Å². The molecule has 1 aliphatic rings. The zero-order valence-electron chi connectivity index (χ0n) is 23.7. The monoisotopic (exact) mass is 573 g/mol. The fourth-order valence-electron chi connectivity index (χ4n) is 5.03. The third-order valence-corrected chi connectivity index (χ3v) is 8.49. The molecule has 0 saturated heterocycles. The van der Waals surface area contributed by atoms with Crippen LogP contribution in [0.15, 0.2) is 67.0 Å². The second-order valence-corrected chi connectivity index (χ2v) is 11.6. The molecule has 0 unspecified atom stereocenters. The Kier molecular flexibility index (Phi) is 8.92. The first-order valence-electron chi connectivity index (χ1n) is 13.7. The van der Waals surface area contributed by atoms with Crippen molar-refractivity contribution in [3.63, 3.8) is 0 Å². The lowest BCUT2D eigenvalue weighted by molar-refractivity contribution is 0.00921. The Bertz CT molecular complexity index is 1480. The van der Waals surface area contributed by atoms with Crippen LogP contribution >= 0.6 is 11.3 Å². The number of benzene rings is 2. The van der Waals surface area contributed by atoms with Crippen molar-refractivity contribution >= 4 is 39.1 Å². The number of carbonyl (C=O) groups excluding carboxylic acids is 2. The topological polar surface area (TPSA) is 96.9 Å². The van der Waals surface area contributed by atoms with E-state index in [1.165, 1.54) is 16.9 Å². The van der Waals surface area contributed by atoms with Crippen molar-refractivity contribution in [2.45, 2.75) is 32.5 Å². The van der Waals surface area contributed by atoms with Gasteiger partial charge in [-0.2, -0.15) is 0 Å². The number of carbonyl (C=O) groups is 2. The molecule has 9 nitrogen and oxygen atoms in total. The van der Waals surface area contributed by atoms with E-state index < -0.39 is 0 Å². The molecule has 0 radical (unpaired) electrons. The van der Waals surface area contributed by atoms with Crippen LogP contribution in [0.2, 0.25) is 0 Å². The summed E-state index contributed by atoms with van der Waals surface area (Å²) in [4.78, 5) is 39.3. The van der Waals surface area contributed by atoms with Crippen molar-refractivity contribution in [3.05, 3.63) is 83.1 Å². The summed E-state index contributed by atoms with van der Waals surface area (Å²) < 4.78 is 13.1. The number of pyridine rings is 1. The van der Waals surface area contributed by atoms with E-state index in [-0.39, 0.29) is 29.9 Å². The third-order valence-electron chi connectivity index (χ3n) is 7.45. The lowest BCUT2D eigenvalue weighted by atomic mass is 10.0. The van der Waals surface area contributed by atoms with Crippen molar-refractivity contribution in [3.8, 4) is 5.75 Å². The summed E-state index contributed by atoms with van der Waals surface area (Å²) in [6.45, 7) is 6.59. The van der Waals surface area contributed by atoms with Gasteiger partial charge in [0.25, 0.3) is 11.8 Å². The Morgan fingerprint density at radius 2 is 1.90 bits per heavy atom. The molecule has 3 atom stereocenters. The summed E-state index contributed by atoms with van der Waals surface area (Å²) in [5.41, 5.74) is 2.82. The molecule has 1 N–H and O–H groups in total. The lowest BCUT2D eigenvalue weighted by Gasteiger charge is -2.36. The van der Waals surface area contributed by atoms with Gasteiger partial charge in [0.2, 0.25) is 0 Å². The lowest BCUT2D eigenvalue weighted by Crippen LogP contribution is -2.46. The predicted molar refractivity (Wildman–Crippen MR) is 161 cm³/mol. The van der Waals surface area contributed by atoms with Crippen LogP contribution in [0.1, 0.15) is 39.6 Å². The number of para-hydroxylation sites is 1. The molecule has 214 valence electrons. The van der Waals surface area contributed by atoms with Crippen LogP contribution in [0.25, 0.3) is 10.2 Å². The quantitative estimate of drug-likeness (QED) is 0.361. The van der Waals surface area contributed by atoms with Gasteiger partial charge in [0.1, 0.15) is 12.4 Å². The average molecular weight is 574 g/mol. The Labute approximate surface area is 244 Å². The number of amides is 2. The SMILES string of the molecule is CO[C@H]1CN(C)C(=O)c2cc(NC(=O)c3nc4ccccc4s3)ccc2OC[C@H](C)N(Cc2ccncc2)C[C@@H]1C. The molecule has 0 spiro atoms. The molecule has 0 fully saturated rings. The number of rotatable bonds is 5. The highest BCUT2D eigenvalue weighted by atomic mass is 32.1. The molecule has 3 heterocycles. The molecule has 0 bridgehead atoms. The zero-order valence-corrected chi connectivity index (χ0v) is 24.6. The number of methoxy groups -OCH3 is 1. The first kappa shape index (κ1) is 28.7. The van der Waals surface area contributed by atoms with Gasteiger partial charge in [-0.3, -0.25) is 19.5 Å². The number of fused-ring (bicyclic) bond motifs is 2. The number of nitrogens with zero attached hydrogens (tertiary/aromatic N) is 4. The summed E-state index contributed by atoms with van der Waals surface area (Å²) in [6.07, 6.45) is 3.44. The zero-order chi connectivity index (χ0) is 28.9. The van der Waals surface area contributed by atoms with Crippen LogP contribution in [0.4, 0.5) is 5.69 Å². The maximum Gasteiger partial charge on any atom is 0.284 e. The normalized spacial score (nSPS) is 20.5. The number of thiazole rings is 1. The molecule has 2 aromatic carbocycles. The van der Waals surface area contributed by atoms with E-state index in [9.17, 15) is 9.59 Å². The highest BCUT2D eigenvalue weighted by molar-refractivity contribution is 7.20. The van der Waals surface area contributed by atoms with Gasteiger partial charge in [0.05, 0.1) is 21.9 Å². The molecule has 1 aliphatic heterocycles. The maximum atomic E-state index is 13.7. The van der Waals surface area contributed by atoms with E-state index in [1.807, 2.05) is 36.4 Å². The molecular formula is C31H35N5O4S. The first-order chi connectivity index (χ1) is 19.8. The Morgan fingerprint density at radius 1 is 1.12 bits per heavy atom. The van der Waals surface area contributed by atoms with Gasteiger partial charge >= 0.3 is 0 Å². The van der Waals surface area contributed by atoms with Crippen LogP contribution in [0, 0.1) is 5.92 Å². The molecule has 2 aromatic heterocycles. The number of anilines is 1.